The van der Waals surface area contributed by atoms with Crippen LogP contribution in [0.25, 0.3) is 5.69 Å². The van der Waals surface area contributed by atoms with Gasteiger partial charge in [-0.1, -0.05) is 0 Å². The number of nitrogens with zero attached hydrogens (tertiary/aromatic N) is 4. The van der Waals surface area contributed by atoms with Gasteiger partial charge in [0.25, 0.3) is 5.91 Å². The number of amides is 2. The third kappa shape index (κ3) is 6.36. The molecule has 1 aromatic heterocycles. The number of aryl methyl sites for hydroxylation is 2. The number of rotatable bonds is 5. The Labute approximate surface area is 197 Å². The van der Waals surface area contributed by atoms with Crippen LogP contribution in [0.3, 0.4) is 0 Å². The van der Waals surface area contributed by atoms with Gasteiger partial charge in [0.15, 0.2) is 0 Å². The Morgan fingerprint density at radius 3 is 2.39 bits per heavy atom. The minimum absolute atomic E-state index is 0.0351. The van der Waals surface area contributed by atoms with E-state index in [2.05, 4.69) is 5.10 Å². The highest BCUT2D eigenvalue weighted by molar-refractivity contribution is 5.94. The van der Waals surface area contributed by atoms with Gasteiger partial charge in [-0.05, 0) is 97.6 Å². The van der Waals surface area contributed by atoms with Crippen molar-refractivity contribution in [1.82, 2.24) is 19.6 Å². The molecule has 1 unspecified atom stereocenters. The summed E-state index contributed by atoms with van der Waals surface area (Å²) < 4.78 is 7.49. The van der Waals surface area contributed by atoms with E-state index < -0.39 is 5.60 Å². The maximum absolute atomic E-state index is 13.2. The Hall–Kier alpha value is -2.83. The lowest BCUT2D eigenvalue weighted by molar-refractivity contribution is 0.0124. The Morgan fingerprint density at radius 2 is 1.85 bits per heavy atom. The Kier molecular flexibility index (Phi) is 7.50. The number of hydrogen-bond acceptors (Lipinski definition) is 4. The van der Waals surface area contributed by atoms with Crippen molar-refractivity contribution in [2.45, 2.75) is 73.0 Å². The predicted molar refractivity (Wildman–Crippen MR) is 130 cm³/mol. The normalized spacial score (nSPS) is 16.7. The van der Waals surface area contributed by atoms with Crippen LogP contribution in [0.15, 0.2) is 30.3 Å². The third-order valence-corrected chi connectivity index (χ3v) is 5.88. The average molecular weight is 455 g/mol. The molecule has 1 aromatic carbocycles. The molecule has 1 aliphatic rings. The maximum atomic E-state index is 13.2. The number of hydrogen-bond donors (Lipinski definition) is 0. The molecule has 1 atom stereocenters. The summed E-state index contributed by atoms with van der Waals surface area (Å²) in [5, 5.41) is 4.51. The summed E-state index contributed by atoms with van der Waals surface area (Å²) >= 11 is 0. The highest BCUT2D eigenvalue weighted by atomic mass is 16.6. The summed E-state index contributed by atoms with van der Waals surface area (Å²) in [4.78, 5) is 29.6. The zero-order valence-corrected chi connectivity index (χ0v) is 21.1. The zero-order chi connectivity index (χ0) is 24.3. The summed E-state index contributed by atoms with van der Waals surface area (Å²) in [5.41, 5.74) is 3.12. The van der Waals surface area contributed by atoms with E-state index in [1.807, 2.05) is 88.4 Å². The quantitative estimate of drug-likeness (QED) is 0.639. The van der Waals surface area contributed by atoms with E-state index in [4.69, 9.17) is 4.74 Å². The molecule has 7 heteroatoms. The molecule has 0 radical (unpaired) electrons. The van der Waals surface area contributed by atoms with Gasteiger partial charge in [-0.15, -0.1) is 0 Å². The topological polar surface area (TPSA) is 67.7 Å². The first-order chi connectivity index (χ1) is 15.4. The molecule has 180 valence electrons. The molecule has 2 amide bonds. The number of carbonyl (C=O) groups excluding carboxylic acids is 2. The average Bonchev–Trinajstić information content (AvgIpc) is 3.08. The summed E-state index contributed by atoms with van der Waals surface area (Å²) in [6, 6.07) is 9.70. The van der Waals surface area contributed by atoms with Crippen molar-refractivity contribution >= 4 is 12.0 Å². The first-order valence-corrected chi connectivity index (χ1v) is 11.9. The van der Waals surface area contributed by atoms with Crippen LogP contribution in [-0.2, 0) is 4.74 Å². The molecule has 0 aliphatic carbocycles. The van der Waals surface area contributed by atoms with E-state index in [0.717, 1.165) is 36.5 Å². The van der Waals surface area contributed by atoms with E-state index in [9.17, 15) is 9.59 Å². The minimum Gasteiger partial charge on any atom is -0.444 e. The summed E-state index contributed by atoms with van der Waals surface area (Å²) in [6.07, 6.45) is 1.63. The standard InChI is InChI=1S/C26H38N4O3/c1-18(2)29(25(32)33-26(5,6)7)17-21-9-8-14-28(16-21)24(31)22-10-12-23(13-11-22)30-20(4)15-19(3)27-30/h10-13,15,18,21H,8-9,14,16-17H2,1-7H3. The molecule has 7 nitrogen and oxygen atoms in total. The van der Waals surface area contributed by atoms with Crippen molar-refractivity contribution in [3.63, 3.8) is 0 Å². The zero-order valence-electron chi connectivity index (χ0n) is 21.1. The Bertz CT molecular complexity index is 972. The Balaban J connectivity index is 1.66. The molecule has 0 bridgehead atoms. The van der Waals surface area contributed by atoms with Crippen molar-refractivity contribution in [3.8, 4) is 5.69 Å². The van der Waals surface area contributed by atoms with Gasteiger partial charge in [0.1, 0.15) is 5.60 Å². The predicted octanol–water partition coefficient (Wildman–Crippen LogP) is 4.99. The second-order valence-electron chi connectivity index (χ2n) is 10.4. The number of likely N-dealkylation sites (tertiary alicyclic amines) is 1. The Morgan fingerprint density at radius 1 is 1.18 bits per heavy atom. The van der Waals surface area contributed by atoms with Gasteiger partial charge in [0.2, 0.25) is 0 Å². The fourth-order valence-corrected chi connectivity index (χ4v) is 4.31. The van der Waals surface area contributed by atoms with Crippen molar-refractivity contribution < 1.29 is 14.3 Å². The molecular weight excluding hydrogens is 416 g/mol. The van der Waals surface area contributed by atoms with Crippen molar-refractivity contribution in [2.75, 3.05) is 19.6 Å². The lowest BCUT2D eigenvalue weighted by Gasteiger charge is -2.37. The van der Waals surface area contributed by atoms with E-state index >= 15 is 0 Å². The van der Waals surface area contributed by atoms with Crippen molar-refractivity contribution in [2.24, 2.45) is 5.92 Å². The summed E-state index contributed by atoms with van der Waals surface area (Å²) in [7, 11) is 0. The largest absolute Gasteiger partial charge is 0.444 e. The maximum Gasteiger partial charge on any atom is 0.410 e. The van der Waals surface area contributed by atoms with Crippen molar-refractivity contribution in [3.05, 3.63) is 47.3 Å². The SMILES string of the molecule is Cc1cc(C)n(-c2ccc(C(=O)N3CCCC(CN(C(=O)OC(C)(C)C)C(C)C)C3)cc2)n1. The molecule has 1 saturated heterocycles. The number of ether oxygens (including phenoxy) is 1. The van der Waals surface area contributed by atoms with Gasteiger partial charge in [-0.25, -0.2) is 9.48 Å². The van der Waals surface area contributed by atoms with E-state index in [1.165, 1.54) is 0 Å². The van der Waals surface area contributed by atoms with E-state index in [-0.39, 0.29) is 24.0 Å². The second kappa shape index (κ2) is 9.98. The van der Waals surface area contributed by atoms with Crippen LogP contribution in [0, 0.1) is 19.8 Å². The highest BCUT2D eigenvalue weighted by Crippen LogP contribution is 2.23. The van der Waals surface area contributed by atoms with Crippen LogP contribution in [0.4, 0.5) is 4.79 Å². The third-order valence-electron chi connectivity index (χ3n) is 5.88. The molecule has 0 N–H and O–H groups in total. The summed E-state index contributed by atoms with van der Waals surface area (Å²) in [5.74, 6) is 0.263. The highest BCUT2D eigenvalue weighted by Gasteiger charge is 2.30. The molecule has 0 spiro atoms. The van der Waals surface area contributed by atoms with Gasteiger partial charge < -0.3 is 14.5 Å². The lowest BCUT2D eigenvalue weighted by atomic mass is 9.96. The van der Waals surface area contributed by atoms with Crippen LogP contribution in [0.2, 0.25) is 0 Å². The molecule has 2 aromatic rings. The van der Waals surface area contributed by atoms with Gasteiger partial charge in [0, 0.05) is 36.9 Å². The number of piperidine rings is 1. The van der Waals surface area contributed by atoms with Crippen LogP contribution in [0.1, 0.15) is 69.2 Å². The molecule has 33 heavy (non-hydrogen) atoms. The first-order valence-electron chi connectivity index (χ1n) is 11.9. The lowest BCUT2D eigenvalue weighted by Crippen LogP contribution is -2.48. The fourth-order valence-electron chi connectivity index (χ4n) is 4.31. The second-order valence-corrected chi connectivity index (χ2v) is 10.4. The van der Waals surface area contributed by atoms with Crippen LogP contribution >= 0.6 is 0 Å². The van der Waals surface area contributed by atoms with Crippen LogP contribution < -0.4 is 0 Å². The molecule has 1 fully saturated rings. The van der Waals surface area contributed by atoms with Gasteiger partial charge >= 0.3 is 6.09 Å². The monoisotopic (exact) mass is 454 g/mol. The molecule has 3 rings (SSSR count). The van der Waals surface area contributed by atoms with Crippen LogP contribution in [-0.4, -0.2) is 62.9 Å². The fraction of sp³-hybridized carbons (Fsp3) is 0.577. The summed E-state index contributed by atoms with van der Waals surface area (Å²) in [6.45, 7) is 15.6. The smallest absolute Gasteiger partial charge is 0.410 e. The van der Waals surface area contributed by atoms with Gasteiger partial charge in [-0.2, -0.15) is 5.10 Å². The van der Waals surface area contributed by atoms with E-state index in [0.29, 0.717) is 18.7 Å². The van der Waals surface area contributed by atoms with Gasteiger partial charge in [0.05, 0.1) is 11.4 Å². The minimum atomic E-state index is -0.529. The van der Waals surface area contributed by atoms with Gasteiger partial charge in [-0.3, -0.25) is 4.79 Å². The molecule has 0 saturated carbocycles. The first kappa shape index (κ1) is 24.8. The molecule has 1 aliphatic heterocycles. The van der Waals surface area contributed by atoms with E-state index in [1.54, 1.807) is 4.90 Å². The number of carbonyl (C=O) groups is 2. The van der Waals surface area contributed by atoms with Crippen LogP contribution in [0.5, 0.6) is 0 Å². The molecule has 2 heterocycles. The number of benzene rings is 1. The molecular formula is C26H38N4O3. The van der Waals surface area contributed by atoms with Crippen molar-refractivity contribution in [1.29, 1.82) is 0 Å². The number of aromatic nitrogens is 2.